The van der Waals surface area contributed by atoms with Gasteiger partial charge in [-0.05, 0) is 24.1 Å². The van der Waals surface area contributed by atoms with Crippen molar-refractivity contribution in [1.29, 1.82) is 0 Å². The van der Waals surface area contributed by atoms with E-state index in [1.807, 2.05) is 0 Å². The Morgan fingerprint density at radius 2 is 2.31 bits per heavy atom. The van der Waals surface area contributed by atoms with Crippen molar-refractivity contribution in [3.8, 4) is 0 Å². The fourth-order valence-electron chi connectivity index (χ4n) is 1.14. The van der Waals surface area contributed by atoms with E-state index in [9.17, 15) is 4.79 Å². The normalized spacial score (nSPS) is 15.3. The van der Waals surface area contributed by atoms with E-state index in [4.69, 9.17) is 11.6 Å². The minimum atomic E-state index is -0.0597. The van der Waals surface area contributed by atoms with E-state index in [0.717, 1.165) is 19.5 Å². The lowest BCUT2D eigenvalue weighted by Crippen LogP contribution is -2.42. The van der Waals surface area contributed by atoms with Crippen molar-refractivity contribution < 1.29 is 4.79 Å². The van der Waals surface area contributed by atoms with Gasteiger partial charge in [-0.15, -0.1) is 0 Å². The lowest BCUT2D eigenvalue weighted by atomic mass is 10.2. The summed E-state index contributed by atoms with van der Waals surface area (Å²) >= 11 is 5.56. The molecule has 68 valence electrons. The Bertz CT molecular complexity index is 338. The van der Waals surface area contributed by atoms with E-state index >= 15 is 0 Å². The Balaban J connectivity index is 2.19. The molecule has 0 saturated carbocycles. The first kappa shape index (κ1) is 8.44. The fourth-order valence-corrected chi connectivity index (χ4v) is 1.28. The molecule has 4 nitrogen and oxygen atoms in total. The van der Waals surface area contributed by atoms with Gasteiger partial charge in [0, 0.05) is 19.3 Å². The summed E-state index contributed by atoms with van der Waals surface area (Å²) in [6, 6.07) is 1.58. The molecule has 2 rings (SSSR count). The molecule has 1 aromatic rings. The van der Waals surface area contributed by atoms with Crippen molar-refractivity contribution in [3.63, 3.8) is 0 Å². The summed E-state index contributed by atoms with van der Waals surface area (Å²) in [5.41, 5.74) is 0.375. The summed E-state index contributed by atoms with van der Waals surface area (Å²) < 4.78 is 0. The number of carbonyl (C=O) groups excluding carboxylic acids is 1. The number of rotatable bonds is 1. The molecule has 0 spiro atoms. The van der Waals surface area contributed by atoms with Gasteiger partial charge >= 0.3 is 0 Å². The summed E-state index contributed by atoms with van der Waals surface area (Å²) in [4.78, 5) is 20.8. The van der Waals surface area contributed by atoms with E-state index < -0.39 is 0 Å². The summed E-state index contributed by atoms with van der Waals surface area (Å²) in [6.07, 6.45) is 2.56. The molecule has 0 unspecified atom stereocenters. The second kappa shape index (κ2) is 3.30. The number of hydrogen-bond acceptors (Lipinski definition) is 3. The molecule has 1 aliphatic heterocycles. The lowest BCUT2D eigenvalue weighted by Gasteiger charge is -2.30. The van der Waals surface area contributed by atoms with Crippen LogP contribution in [0.5, 0.6) is 0 Å². The van der Waals surface area contributed by atoms with Crippen LogP contribution in [0.3, 0.4) is 0 Å². The molecule has 0 radical (unpaired) electrons. The molecule has 0 N–H and O–H groups in total. The molecule has 0 aromatic carbocycles. The average molecular weight is 198 g/mol. The van der Waals surface area contributed by atoms with Crippen molar-refractivity contribution in [1.82, 2.24) is 14.9 Å². The SMILES string of the molecule is O=C(c1ccnc(Cl)n1)N1CCC1. The van der Waals surface area contributed by atoms with Crippen molar-refractivity contribution in [2.75, 3.05) is 13.1 Å². The van der Waals surface area contributed by atoms with Crippen LogP contribution < -0.4 is 0 Å². The van der Waals surface area contributed by atoms with Gasteiger partial charge in [-0.2, -0.15) is 0 Å². The Labute approximate surface area is 80.5 Å². The molecule has 5 heteroatoms. The number of hydrogen-bond donors (Lipinski definition) is 0. The first-order valence-electron chi connectivity index (χ1n) is 4.05. The molecule has 2 heterocycles. The van der Waals surface area contributed by atoms with Crippen LogP contribution in [0.15, 0.2) is 12.3 Å². The van der Waals surface area contributed by atoms with Crippen molar-refractivity contribution in [2.45, 2.75) is 6.42 Å². The van der Waals surface area contributed by atoms with E-state index in [1.54, 1.807) is 11.0 Å². The highest BCUT2D eigenvalue weighted by molar-refractivity contribution is 6.28. The molecular formula is C8H8ClN3O. The maximum absolute atomic E-state index is 11.6. The van der Waals surface area contributed by atoms with Crippen LogP contribution in [-0.4, -0.2) is 33.9 Å². The standard InChI is InChI=1S/C8H8ClN3O/c9-8-10-3-2-6(11-8)7(13)12-4-1-5-12/h2-3H,1,4-5H2. The second-order valence-corrected chi connectivity index (χ2v) is 3.19. The number of halogens is 1. The predicted octanol–water partition coefficient (Wildman–Crippen LogP) is 0.976. The highest BCUT2D eigenvalue weighted by atomic mass is 35.5. The monoisotopic (exact) mass is 197 g/mol. The largest absolute Gasteiger partial charge is 0.337 e. The third-order valence-corrected chi connectivity index (χ3v) is 2.17. The Morgan fingerprint density at radius 1 is 1.54 bits per heavy atom. The van der Waals surface area contributed by atoms with Crippen molar-refractivity contribution in [2.24, 2.45) is 0 Å². The molecule has 1 aliphatic rings. The number of amides is 1. The van der Waals surface area contributed by atoms with Gasteiger partial charge in [0.15, 0.2) is 0 Å². The first-order chi connectivity index (χ1) is 6.27. The lowest BCUT2D eigenvalue weighted by molar-refractivity contribution is 0.0645. The van der Waals surface area contributed by atoms with Gasteiger partial charge in [-0.1, -0.05) is 0 Å². The van der Waals surface area contributed by atoms with Gasteiger partial charge in [0.05, 0.1) is 0 Å². The molecule has 0 aliphatic carbocycles. The van der Waals surface area contributed by atoms with Crippen LogP contribution >= 0.6 is 11.6 Å². The Hall–Kier alpha value is -1.16. The number of likely N-dealkylation sites (tertiary alicyclic amines) is 1. The average Bonchev–Trinajstić information content (AvgIpc) is 2.01. The summed E-state index contributed by atoms with van der Waals surface area (Å²) in [5, 5.41) is 0.117. The topological polar surface area (TPSA) is 46.1 Å². The third kappa shape index (κ3) is 1.62. The predicted molar refractivity (Wildman–Crippen MR) is 47.6 cm³/mol. The van der Waals surface area contributed by atoms with Gasteiger partial charge in [0.2, 0.25) is 5.28 Å². The van der Waals surface area contributed by atoms with E-state index in [-0.39, 0.29) is 11.2 Å². The van der Waals surface area contributed by atoms with Crippen LogP contribution in [0.2, 0.25) is 5.28 Å². The fraction of sp³-hybridized carbons (Fsp3) is 0.375. The molecule has 0 bridgehead atoms. The van der Waals surface area contributed by atoms with Gasteiger partial charge in [0.25, 0.3) is 5.91 Å². The zero-order valence-corrected chi connectivity index (χ0v) is 7.66. The molecule has 1 fully saturated rings. The molecular weight excluding hydrogens is 190 g/mol. The Kier molecular flexibility index (Phi) is 2.14. The third-order valence-electron chi connectivity index (χ3n) is 1.99. The number of aromatic nitrogens is 2. The van der Waals surface area contributed by atoms with Crippen LogP contribution in [0.4, 0.5) is 0 Å². The van der Waals surface area contributed by atoms with Gasteiger partial charge in [0.1, 0.15) is 5.69 Å². The molecule has 13 heavy (non-hydrogen) atoms. The number of carbonyl (C=O) groups is 1. The maximum atomic E-state index is 11.6. The van der Waals surface area contributed by atoms with Gasteiger partial charge < -0.3 is 4.90 Å². The smallest absolute Gasteiger partial charge is 0.272 e. The van der Waals surface area contributed by atoms with Crippen molar-refractivity contribution >= 4 is 17.5 Å². The van der Waals surface area contributed by atoms with Gasteiger partial charge in [-0.25, -0.2) is 9.97 Å². The number of nitrogens with zero attached hydrogens (tertiary/aromatic N) is 3. The molecule has 1 amide bonds. The van der Waals surface area contributed by atoms with E-state index in [1.165, 1.54) is 6.20 Å². The van der Waals surface area contributed by atoms with Gasteiger partial charge in [-0.3, -0.25) is 4.79 Å². The highest BCUT2D eigenvalue weighted by Crippen LogP contribution is 2.11. The van der Waals surface area contributed by atoms with Crippen molar-refractivity contribution in [3.05, 3.63) is 23.2 Å². The molecule has 1 aromatic heterocycles. The summed E-state index contributed by atoms with van der Waals surface area (Å²) in [7, 11) is 0. The maximum Gasteiger partial charge on any atom is 0.272 e. The minimum Gasteiger partial charge on any atom is -0.337 e. The van der Waals surface area contributed by atoms with Crippen LogP contribution in [0.25, 0.3) is 0 Å². The zero-order valence-electron chi connectivity index (χ0n) is 6.90. The van der Waals surface area contributed by atoms with Crippen LogP contribution in [-0.2, 0) is 0 Å². The quantitative estimate of drug-likeness (QED) is 0.631. The highest BCUT2D eigenvalue weighted by Gasteiger charge is 2.22. The summed E-state index contributed by atoms with van der Waals surface area (Å²) in [6.45, 7) is 1.64. The molecule has 1 saturated heterocycles. The van der Waals surface area contributed by atoms with E-state index in [2.05, 4.69) is 9.97 Å². The van der Waals surface area contributed by atoms with Crippen LogP contribution in [0.1, 0.15) is 16.9 Å². The second-order valence-electron chi connectivity index (χ2n) is 2.86. The minimum absolute atomic E-state index is 0.0597. The Morgan fingerprint density at radius 3 is 2.85 bits per heavy atom. The molecule has 0 atom stereocenters. The van der Waals surface area contributed by atoms with E-state index in [0.29, 0.717) is 5.69 Å². The van der Waals surface area contributed by atoms with Crippen LogP contribution in [0, 0.1) is 0 Å². The zero-order chi connectivity index (χ0) is 9.26. The summed E-state index contributed by atoms with van der Waals surface area (Å²) in [5.74, 6) is -0.0597. The first-order valence-corrected chi connectivity index (χ1v) is 4.43.